The first kappa shape index (κ1) is 27.7. The zero-order chi connectivity index (χ0) is 28.8. The monoisotopic (exact) mass is 586 g/mol. The number of methoxy groups -OCH3 is 1. The molecule has 12 nitrogen and oxygen atoms in total. The van der Waals surface area contributed by atoms with Crippen molar-refractivity contribution in [3.05, 3.63) is 47.5 Å². The molecule has 3 aromatic rings. The van der Waals surface area contributed by atoms with Crippen molar-refractivity contribution >= 4 is 32.8 Å². The summed E-state index contributed by atoms with van der Waals surface area (Å²) in [5, 5.41) is 6.31. The summed E-state index contributed by atoms with van der Waals surface area (Å²) in [6.07, 6.45) is 4.84. The second-order valence-electron chi connectivity index (χ2n) is 10.9. The minimum atomic E-state index is -3.65. The van der Waals surface area contributed by atoms with Crippen LogP contribution in [0.15, 0.2) is 30.5 Å². The van der Waals surface area contributed by atoms with Crippen LogP contribution in [0, 0.1) is 5.82 Å². The van der Waals surface area contributed by atoms with Crippen LogP contribution in [0.5, 0.6) is 11.6 Å². The number of rotatable bonds is 9. The van der Waals surface area contributed by atoms with Crippen molar-refractivity contribution < 1.29 is 31.8 Å². The van der Waals surface area contributed by atoms with Gasteiger partial charge in [0.05, 0.1) is 54.5 Å². The number of carbonyl (C=O) groups is 1. The number of sulfonamides is 1. The molecule has 1 saturated carbocycles. The maximum atomic E-state index is 15.2. The number of ether oxygens (including phenoxy) is 3. The Kier molecular flexibility index (Phi) is 7.04. The van der Waals surface area contributed by atoms with Crippen molar-refractivity contribution in [1.29, 1.82) is 0 Å². The Labute approximate surface area is 236 Å². The molecule has 3 fully saturated rings. The fourth-order valence-electron chi connectivity index (χ4n) is 5.96. The van der Waals surface area contributed by atoms with E-state index in [0.29, 0.717) is 54.5 Å². The van der Waals surface area contributed by atoms with Gasteiger partial charge in [-0.3, -0.25) is 9.78 Å². The maximum absolute atomic E-state index is 15.2. The summed E-state index contributed by atoms with van der Waals surface area (Å²) >= 11 is 0. The Morgan fingerprint density at radius 2 is 1.98 bits per heavy atom. The molecule has 3 N–H and O–H groups in total. The van der Waals surface area contributed by atoms with Crippen molar-refractivity contribution in [2.75, 3.05) is 31.9 Å². The summed E-state index contributed by atoms with van der Waals surface area (Å²) in [6, 6.07) is 6.24. The number of hydrogen-bond donors (Lipinski definition) is 3. The van der Waals surface area contributed by atoms with Gasteiger partial charge in [0, 0.05) is 23.7 Å². The highest BCUT2D eigenvalue weighted by molar-refractivity contribution is 7.88. The van der Waals surface area contributed by atoms with Gasteiger partial charge in [-0.15, -0.1) is 0 Å². The lowest BCUT2D eigenvalue weighted by Crippen LogP contribution is -2.67. The molecule has 0 radical (unpaired) electrons. The fraction of sp³-hybridized carbons (Fsp3) is 0.481. The van der Waals surface area contributed by atoms with Gasteiger partial charge in [-0.25, -0.2) is 27.5 Å². The number of halogens is 1. The van der Waals surface area contributed by atoms with E-state index in [2.05, 4.69) is 30.3 Å². The summed E-state index contributed by atoms with van der Waals surface area (Å²) in [5.41, 5.74) is 0.658. The number of aromatic nitrogens is 3. The fourth-order valence-corrected chi connectivity index (χ4v) is 6.78. The molecule has 4 aliphatic rings. The minimum Gasteiger partial charge on any atom is -0.481 e. The second kappa shape index (κ2) is 10.4. The molecular weight excluding hydrogens is 555 g/mol. The maximum Gasteiger partial charge on any atom is 0.263 e. The van der Waals surface area contributed by atoms with E-state index < -0.39 is 27.5 Å². The molecule has 14 heteroatoms. The van der Waals surface area contributed by atoms with Gasteiger partial charge in [0.25, 0.3) is 5.91 Å². The lowest BCUT2D eigenvalue weighted by atomic mass is 9.67. The Morgan fingerprint density at radius 3 is 2.68 bits per heavy atom. The van der Waals surface area contributed by atoms with Gasteiger partial charge < -0.3 is 24.8 Å². The first-order valence-electron chi connectivity index (χ1n) is 13.3. The summed E-state index contributed by atoms with van der Waals surface area (Å²) in [4.78, 5) is 24.7. The third kappa shape index (κ3) is 5.56. The molecule has 1 aliphatic carbocycles. The molecule has 1 atom stereocenters. The summed E-state index contributed by atoms with van der Waals surface area (Å²) < 4.78 is 60.0. The molecule has 1 amide bonds. The average Bonchev–Trinajstić information content (AvgIpc) is 2.97. The van der Waals surface area contributed by atoms with E-state index >= 15 is 4.39 Å². The van der Waals surface area contributed by atoms with Gasteiger partial charge in [-0.1, -0.05) is 0 Å². The third-order valence-electron chi connectivity index (χ3n) is 8.21. The number of fused-ring (bicyclic) bond motifs is 5. The van der Waals surface area contributed by atoms with Gasteiger partial charge in [0.1, 0.15) is 5.82 Å². The van der Waals surface area contributed by atoms with Crippen LogP contribution in [-0.4, -0.2) is 73.0 Å². The Balaban J connectivity index is 1.21. The van der Waals surface area contributed by atoms with Crippen LogP contribution in [-0.2, 0) is 32.5 Å². The molecule has 1 unspecified atom stereocenters. The highest BCUT2D eigenvalue weighted by atomic mass is 32.2. The molecule has 3 aromatic heterocycles. The first-order chi connectivity index (χ1) is 19.6. The van der Waals surface area contributed by atoms with Gasteiger partial charge >= 0.3 is 0 Å². The molecule has 6 heterocycles. The predicted octanol–water partition coefficient (Wildman–Crippen LogP) is 1.84. The quantitative estimate of drug-likeness (QED) is 0.338. The van der Waals surface area contributed by atoms with Crippen LogP contribution in [0.4, 0.5) is 10.2 Å². The van der Waals surface area contributed by atoms with Crippen molar-refractivity contribution in [2.45, 2.75) is 55.8 Å². The number of carbonyl (C=O) groups excluding carboxylic acids is 1. The highest BCUT2D eigenvalue weighted by Gasteiger charge is 2.54. The molecule has 7 rings (SSSR count). The van der Waals surface area contributed by atoms with E-state index in [-0.39, 0.29) is 30.0 Å². The molecule has 41 heavy (non-hydrogen) atoms. The van der Waals surface area contributed by atoms with Crippen LogP contribution in [0.1, 0.15) is 36.9 Å². The predicted molar refractivity (Wildman–Crippen MR) is 147 cm³/mol. The van der Waals surface area contributed by atoms with Crippen LogP contribution in [0.3, 0.4) is 0 Å². The molecule has 0 aromatic carbocycles. The summed E-state index contributed by atoms with van der Waals surface area (Å²) in [6.45, 7) is 0.774. The Hall–Kier alpha value is -3.46. The average molecular weight is 587 g/mol. The van der Waals surface area contributed by atoms with Crippen LogP contribution >= 0.6 is 0 Å². The molecule has 2 saturated heterocycles. The molecule has 218 valence electrons. The zero-order valence-electron chi connectivity index (χ0n) is 22.7. The third-order valence-corrected chi connectivity index (χ3v) is 8.93. The van der Waals surface area contributed by atoms with E-state index in [1.54, 1.807) is 18.2 Å². The molecule has 0 spiro atoms. The van der Waals surface area contributed by atoms with Crippen molar-refractivity contribution in [1.82, 2.24) is 25.0 Å². The number of nitrogens with one attached hydrogen (secondary N) is 3. The van der Waals surface area contributed by atoms with Gasteiger partial charge in [-0.2, -0.15) is 0 Å². The number of pyridine rings is 3. The number of amides is 1. The standard InChI is InChI=1S/C27H31FN6O6S/c1-38-23-6-4-19-24(33-23)17(18(28)13-29-19)11-21(34-41(2,36)37)27-9-7-26(8-10-27,15-40-27)30-12-16-3-5-20-25(31-16)32-22(35)14-39-20/h3-6,13,21,30,34H,7-12,14-15H2,1-2H3,(H,31,32,35). The Morgan fingerprint density at radius 1 is 1.17 bits per heavy atom. The number of hydrogen-bond acceptors (Lipinski definition) is 10. The van der Waals surface area contributed by atoms with Gasteiger partial charge in [0.2, 0.25) is 15.9 Å². The van der Waals surface area contributed by atoms with Crippen LogP contribution < -0.4 is 24.8 Å². The number of nitrogens with zero attached hydrogens (tertiary/aromatic N) is 3. The van der Waals surface area contributed by atoms with E-state index in [9.17, 15) is 13.2 Å². The van der Waals surface area contributed by atoms with Gasteiger partial charge in [-0.05, 0) is 50.3 Å². The lowest BCUT2D eigenvalue weighted by Gasteiger charge is -2.56. The van der Waals surface area contributed by atoms with Crippen LogP contribution in [0.2, 0.25) is 0 Å². The van der Waals surface area contributed by atoms with E-state index in [4.69, 9.17) is 14.2 Å². The topological polar surface area (TPSA) is 154 Å². The largest absolute Gasteiger partial charge is 0.481 e. The van der Waals surface area contributed by atoms with Crippen LogP contribution in [0.25, 0.3) is 11.0 Å². The first-order valence-corrected chi connectivity index (χ1v) is 15.2. The Bertz CT molecular complexity index is 1590. The number of anilines is 1. The molecule has 3 aliphatic heterocycles. The van der Waals surface area contributed by atoms with E-state index in [1.807, 2.05) is 6.07 Å². The van der Waals surface area contributed by atoms with Crippen molar-refractivity contribution in [2.24, 2.45) is 0 Å². The smallest absolute Gasteiger partial charge is 0.263 e. The minimum absolute atomic E-state index is 0.0294. The lowest BCUT2D eigenvalue weighted by molar-refractivity contribution is -0.175. The normalized spacial score (nSPS) is 24.4. The molecular formula is C27H31FN6O6S. The molecule has 2 bridgehead atoms. The SMILES string of the molecule is COc1ccc2ncc(F)c(CC(NS(C)(=O)=O)C34CCC(NCc5ccc6c(n5)NC(=O)CO6)(CC3)CO4)c2n1. The summed E-state index contributed by atoms with van der Waals surface area (Å²) in [5.74, 6) is 0.425. The summed E-state index contributed by atoms with van der Waals surface area (Å²) in [7, 11) is -2.18. The highest BCUT2D eigenvalue weighted by Crippen LogP contribution is 2.46. The van der Waals surface area contributed by atoms with Crippen molar-refractivity contribution in [3.8, 4) is 11.6 Å². The van der Waals surface area contributed by atoms with E-state index in [0.717, 1.165) is 31.0 Å². The van der Waals surface area contributed by atoms with Gasteiger partial charge in [0.15, 0.2) is 18.2 Å². The van der Waals surface area contributed by atoms with Crippen molar-refractivity contribution in [3.63, 3.8) is 0 Å². The van der Waals surface area contributed by atoms with E-state index in [1.165, 1.54) is 7.11 Å². The second-order valence-corrected chi connectivity index (χ2v) is 12.7. The zero-order valence-corrected chi connectivity index (χ0v) is 23.5.